The Morgan fingerprint density at radius 3 is 2.35 bits per heavy atom. The molecule has 0 unspecified atom stereocenters. The van der Waals surface area contributed by atoms with Gasteiger partial charge in [0.15, 0.2) is 0 Å². The molecule has 0 spiro atoms. The maximum absolute atomic E-state index is 12.4. The third-order valence-corrected chi connectivity index (χ3v) is 4.70. The molecule has 5 nitrogen and oxygen atoms in total. The Morgan fingerprint density at radius 1 is 1.35 bits per heavy atom. The molecule has 0 heterocycles. The minimum absolute atomic E-state index is 0.00919. The average Bonchev–Trinajstić information content (AvgIpc) is 2.26. The summed E-state index contributed by atoms with van der Waals surface area (Å²) in [4.78, 5) is 10.9. The van der Waals surface area contributed by atoms with Gasteiger partial charge in [-0.25, -0.2) is 17.5 Å². The summed E-state index contributed by atoms with van der Waals surface area (Å²) in [6.07, 6.45) is 0. The highest BCUT2D eigenvalue weighted by atomic mass is 35.5. The minimum atomic E-state index is -3.73. The van der Waals surface area contributed by atoms with Gasteiger partial charge in [0.1, 0.15) is 0 Å². The van der Waals surface area contributed by atoms with Crippen LogP contribution in [0.25, 0.3) is 0 Å². The van der Waals surface area contributed by atoms with E-state index >= 15 is 0 Å². The number of carbonyl (C=O) groups is 1. The molecule has 0 aliphatic rings. The molecule has 112 valence electrons. The molecule has 0 saturated carbocycles. The molecule has 1 rings (SSSR count). The molecule has 0 aromatic heterocycles. The van der Waals surface area contributed by atoms with Crippen molar-refractivity contribution in [2.24, 2.45) is 5.41 Å². The minimum Gasteiger partial charge on any atom is -0.478 e. The Morgan fingerprint density at radius 2 is 1.90 bits per heavy atom. The lowest BCUT2D eigenvalue weighted by Gasteiger charge is -2.26. The topological polar surface area (TPSA) is 74.7 Å². The van der Waals surface area contributed by atoms with Crippen LogP contribution in [0.15, 0.2) is 23.1 Å². The first kappa shape index (κ1) is 16.9. The summed E-state index contributed by atoms with van der Waals surface area (Å²) in [5.41, 5.74) is -0.430. The van der Waals surface area contributed by atoms with E-state index < -0.39 is 16.0 Å². The van der Waals surface area contributed by atoms with E-state index in [2.05, 4.69) is 0 Å². The van der Waals surface area contributed by atoms with Gasteiger partial charge in [0, 0.05) is 13.6 Å². The Bertz CT molecular complexity index is 620. The molecule has 1 N–H and O–H groups in total. The van der Waals surface area contributed by atoms with Crippen molar-refractivity contribution < 1.29 is 18.3 Å². The normalized spacial score (nSPS) is 12.7. The maximum atomic E-state index is 12.4. The third kappa shape index (κ3) is 3.94. The van der Waals surface area contributed by atoms with E-state index in [1.807, 2.05) is 20.8 Å². The lowest BCUT2D eigenvalue weighted by molar-refractivity contribution is 0.0697. The number of hydrogen-bond acceptors (Lipinski definition) is 3. The third-order valence-electron chi connectivity index (χ3n) is 2.57. The largest absolute Gasteiger partial charge is 0.478 e. The summed E-state index contributed by atoms with van der Waals surface area (Å²) >= 11 is 5.74. The molecule has 20 heavy (non-hydrogen) atoms. The van der Waals surface area contributed by atoms with E-state index in [0.717, 1.165) is 6.07 Å². The molecule has 1 aromatic rings. The molecule has 0 fully saturated rings. The lowest BCUT2D eigenvalue weighted by Crippen LogP contribution is -2.34. The van der Waals surface area contributed by atoms with Gasteiger partial charge < -0.3 is 5.11 Å². The second-order valence-corrected chi connectivity index (χ2v) is 8.22. The fraction of sp³-hybridized carbons (Fsp3) is 0.462. The summed E-state index contributed by atoms with van der Waals surface area (Å²) in [7, 11) is -2.27. The zero-order chi connectivity index (χ0) is 15.7. The summed E-state index contributed by atoms with van der Waals surface area (Å²) in [5, 5.41) is 9.00. The van der Waals surface area contributed by atoms with Gasteiger partial charge in [-0.3, -0.25) is 0 Å². The fourth-order valence-electron chi connectivity index (χ4n) is 1.76. The Hall–Kier alpha value is -1.11. The smallest absolute Gasteiger partial charge is 0.337 e. The van der Waals surface area contributed by atoms with Gasteiger partial charge in [-0.15, -0.1) is 0 Å². The number of carboxylic acid groups (broad SMARTS) is 1. The quantitative estimate of drug-likeness (QED) is 0.926. The van der Waals surface area contributed by atoms with E-state index in [9.17, 15) is 13.2 Å². The van der Waals surface area contributed by atoms with Crippen molar-refractivity contribution in [1.29, 1.82) is 0 Å². The second-order valence-electron chi connectivity index (χ2n) is 5.77. The van der Waals surface area contributed by atoms with Gasteiger partial charge in [-0.2, -0.15) is 0 Å². The number of aromatic carboxylic acids is 1. The SMILES string of the molecule is CN(CC(C)(C)C)S(=O)(=O)c1ccc(Cl)c(C(=O)O)c1. The molecular weight excluding hydrogens is 302 g/mol. The molecule has 0 radical (unpaired) electrons. The number of halogens is 1. The van der Waals surface area contributed by atoms with Gasteiger partial charge in [0.2, 0.25) is 10.0 Å². The number of nitrogens with zero attached hydrogens (tertiary/aromatic N) is 1. The molecule has 1 aromatic carbocycles. The van der Waals surface area contributed by atoms with Gasteiger partial charge in [0.25, 0.3) is 0 Å². The number of benzene rings is 1. The van der Waals surface area contributed by atoms with Crippen molar-refractivity contribution in [3.05, 3.63) is 28.8 Å². The van der Waals surface area contributed by atoms with E-state index in [0.29, 0.717) is 6.54 Å². The van der Waals surface area contributed by atoms with E-state index in [1.54, 1.807) is 0 Å². The van der Waals surface area contributed by atoms with Crippen molar-refractivity contribution in [2.75, 3.05) is 13.6 Å². The van der Waals surface area contributed by atoms with Gasteiger partial charge in [-0.05, 0) is 23.6 Å². The number of carboxylic acids is 1. The molecule has 0 aliphatic carbocycles. The van der Waals surface area contributed by atoms with Crippen molar-refractivity contribution in [1.82, 2.24) is 4.31 Å². The predicted molar refractivity (Wildman–Crippen MR) is 77.7 cm³/mol. The lowest BCUT2D eigenvalue weighted by atomic mass is 9.97. The first-order chi connectivity index (χ1) is 8.95. The van der Waals surface area contributed by atoms with Crippen LogP contribution < -0.4 is 0 Å². The fourth-order valence-corrected chi connectivity index (χ4v) is 3.38. The van der Waals surface area contributed by atoms with Crippen LogP contribution in [0.2, 0.25) is 5.02 Å². The first-order valence-corrected chi connectivity index (χ1v) is 7.76. The summed E-state index contributed by atoms with van der Waals surface area (Å²) < 4.78 is 26.0. The number of sulfonamides is 1. The van der Waals surface area contributed by atoms with Crippen molar-refractivity contribution in [3.63, 3.8) is 0 Å². The van der Waals surface area contributed by atoms with Crippen LogP contribution >= 0.6 is 11.6 Å². The van der Waals surface area contributed by atoms with Crippen molar-refractivity contribution >= 4 is 27.6 Å². The average molecular weight is 320 g/mol. The van der Waals surface area contributed by atoms with Gasteiger partial charge in [0.05, 0.1) is 15.5 Å². The molecule has 0 amide bonds. The van der Waals surface area contributed by atoms with Crippen molar-refractivity contribution in [2.45, 2.75) is 25.7 Å². The van der Waals surface area contributed by atoms with Crippen LogP contribution in [-0.2, 0) is 10.0 Å². The Balaban J connectivity index is 3.23. The Kier molecular flexibility index (Phi) is 4.84. The molecule has 0 aliphatic heterocycles. The molecule has 7 heteroatoms. The maximum Gasteiger partial charge on any atom is 0.337 e. The van der Waals surface area contributed by atoms with E-state index in [1.165, 1.54) is 23.5 Å². The predicted octanol–water partition coefficient (Wildman–Crippen LogP) is 2.70. The monoisotopic (exact) mass is 319 g/mol. The summed E-state index contributed by atoms with van der Waals surface area (Å²) in [6, 6.07) is 3.67. The molecule has 0 saturated heterocycles. The highest BCUT2D eigenvalue weighted by Crippen LogP contribution is 2.24. The Labute approximate surface area is 124 Å². The van der Waals surface area contributed by atoms with Crippen LogP contribution in [0.5, 0.6) is 0 Å². The van der Waals surface area contributed by atoms with Crippen LogP contribution in [-0.4, -0.2) is 37.4 Å². The zero-order valence-corrected chi connectivity index (χ0v) is 13.4. The van der Waals surface area contributed by atoms with E-state index in [4.69, 9.17) is 16.7 Å². The standard InChI is InChI=1S/C13H18ClNO4S/c1-13(2,3)8-15(4)20(18,19)9-5-6-11(14)10(7-9)12(16)17/h5-7H,8H2,1-4H3,(H,16,17). The second kappa shape index (κ2) is 5.71. The number of hydrogen-bond donors (Lipinski definition) is 1. The summed E-state index contributed by atoms with van der Waals surface area (Å²) in [6.45, 7) is 6.08. The molecule has 0 atom stereocenters. The van der Waals surface area contributed by atoms with Crippen LogP contribution in [0, 0.1) is 5.41 Å². The molecular formula is C13H18ClNO4S. The van der Waals surface area contributed by atoms with Crippen molar-refractivity contribution in [3.8, 4) is 0 Å². The van der Waals surface area contributed by atoms with E-state index in [-0.39, 0.29) is 20.9 Å². The zero-order valence-electron chi connectivity index (χ0n) is 11.8. The highest BCUT2D eigenvalue weighted by molar-refractivity contribution is 7.89. The summed E-state index contributed by atoms with van der Waals surface area (Å²) in [5.74, 6) is -1.26. The van der Waals surface area contributed by atoms with Gasteiger partial charge in [-0.1, -0.05) is 32.4 Å². The van der Waals surface area contributed by atoms with Crippen LogP contribution in [0.4, 0.5) is 0 Å². The number of rotatable bonds is 4. The first-order valence-electron chi connectivity index (χ1n) is 5.94. The van der Waals surface area contributed by atoms with Gasteiger partial charge >= 0.3 is 5.97 Å². The highest BCUT2D eigenvalue weighted by Gasteiger charge is 2.26. The molecule has 0 bridgehead atoms. The van der Waals surface area contributed by atoms with Crippen LogP contribution in [0.3, 0.4) is 0 Å². The van der Waals surface area contributed by atoms with Crippen LogP contribution in [0.1, 0.15) is 31.1 Å².